The highest BCUT2D eigenvalue weighted by Crippen LogP contribution is 2.24. The van der Waals surface area contributed by atoms with E-state index in [1.165, 1.54) is 36.4 Å². The molecule has 1 heterocycles. The highest BCUT2D eigenvalue weighted by molar-refractivity contribution is 7.85. The van der Waals surface area contributed by atoms with Crippen LogP contribution in [0, 0.1) is 0 Å². The maximum Gasteiger partial charge on any atom is 0.355 e. The summed E-state index contributed by atoms with van der Waals surface area (Å²) in [7, 11) is -4.39. The lowest BCUT2D eigenvalue weighted by atomic mass is 10.1. The van der Waals surface area contributed by atoms with Crippen molar-refractivity contribution in [1.82, 2.24) is 0 Å². The van der Waals surface area contributed by atoms with Gasteiger partial charge in [-0.25, -0.2) is 9.59 Å². The van der Waals surface area contributed by atoms with Gasteiger partial charge in [0.15, 0.2) is 5.71 Å². The standard InChI is InChI=1S/C17H12N4O8S/c22-15-13(19-18-10-3-7-12(8-4-10)30(27,28)29)14(17(25)26)20-21(15)11-5-1-9(2-6-11)16(23)24/h1-8,13H,(H,23,24)(H,25,26)(H,27,28,29)/t13-/m1/s1. The number of carboxylic acids is 2. The summed E-state index contributed by atoms with van der Waals surface area (Å²) in [6, 6.07) is 7.99. The zero-order chi connectivity index (χ0) is 22.1. The van der Waals surface area contributed by atoms with Crippen LogP contribution in [0.4, 0.5) is 11.4 Å². The number of nitrogens with zero attached hydrogens (tertiary/aromatic N) is 4. The largest absolute Gasteiger partial charge is 0.478 e. The third-order valence-electron chi connectivity index (χ3n) is 3.91. The van der Waals surface area contributed by atoms with E-state index in [0.717, 1.165) is 17.1 Å². The topological polar surface area (TPSA) is 186 Å². The summed E-state index contributed by atoms with van der Waals surface area (Å²) >= 11 is 0. The van der Waals surface area contributed by atoms with Gasteiger partial charge >= 0.3 is 11.9 Å². The number of carbonyl (C=O) groups is 3. The second-order valence-corrected chi connectivity index (χ2v) is 7.30. The van der Waals surface area contributed by atoms with E-state index >= 15 is 0 Å². The van der Waals surface area contributed by atoms with Crippen molar-refractivity contribution in [2.24, 2.45) is 15.3 Å². The van der Waals surface area contributed by atoms with E-state index in [2.05, 4.69) is 15.3 Å². The molecular weight excluding hydrogens is 420 g/mol. The number of aliphatic carboxylic acids is 1. The minimum atomic E-state index is -4.39. The Morgan fingerprint density at radius 2 is 1.57 bits per heavy atom. The summed E-state index contributed by atoms with van der Waals surface area (Å²) in [5.41, 5.74) is -0.388. The number of carbonyl (C=O) groups excluding carboxylic acids is 1. The van der Waals surface area contributed by atoms with Gasteiger partial charge in [0.25, 0.3) is 16.0 Å². The van der Waals surface area contributed by atoms with Crippen molar-refractivity contribution in [2.45, 2.75) is 10.9 Å². The molecule has 1 amide bonds. The maximum atomic E-state index is 12.6. The Balaban J connectivity index is 1.87. The Bertz CT molecular complexity index is 1190. The van der Waals surface area contributed by atoms with E-state index in [1.54, 1.807) is 0 Å². The predicted molar refractivity (Wildman–Crippen MR) is 101 cm³/mol. The molecule has 154 valence electrons. The van der Waals surface area contributed by atoms with Gasteiger partial charge in [0.1, 0.15) is 0 Å². The molecule has 0 bridgehead atoms. The lowest BCUT2D eigenvalue weighted by Gasteiger charge is -2.12. The summed E-state index contributed by atoms with van der Waals surface area (Å²) in [6.07, 6.45) is 0. The van der Waals surface area contributed by atoms with Gasteiger partial charge in [-0.3, -0.25) is 9.35 Å². The van der Waals surface area contributed by atoms with Gasteiger partial charge < -0.3 is 10.2 Å². The van der Waals surface area contributed by atoms with Crippen LogP contribution in [0.1, 0.15) is 10.4 Å². The molecule has 0 radical (unpaired) electrons. The third kappa shape index (κ3) is 4.21. The van der Waals surface area contributed by atoms with Crippen LogP contribution in [0.3, 0.4) is 0 Å². The van der Waals surface area contributed by atoms with Crippen molar-refractivity contribution < 1.29 is 37.6 Å². The number of hydrogen-bond acceptors (Lipinski definition) is 8. The quantitative estimate of drug-likeness (QED) is 0.453. The van der Waals surface area contributed by atoms with Gasteiger partial charge in [-0.2, -0.15) is 28.8 Å². The number of rotatable bonds is 6. The fourth-order valence-corrected chi connectivity index (χ4v) is 2.93. The number of carboxylic acid groups (broad SMARTS) is 2. The molecule has 0 saturated carbocycles. The lowest BCUT2D eigenvalue weighted by Crippen LogP contribution is -2.33. The second kappa shape index (κ2) is 7.81. The number of aromatic carboxylic acids is 1. The molecule has 0 fully saturated rings. The molecule has 0 unspecified atom stereocenters. The minimum absolute atomic E-state index is 0.0302. The molecule has 2 aromatic carbocycles. The summed E-state index contributed by atoms with van der Waals surface area (Å²) in [5, 5.41) is 30.2. The molecule has 3 N–H and O–H groups in total. The Hall–Kier alpha value is -3.97. The number of hydrogen-bond donors (Lipinski definition) is 3. The summed E-state index contributed by atoms with van der Waals surface area (Å²) < 4.78 is 31.0. The van der Waals surface area contributed by atoms with E-state index in [-0.39, 0.29) is 21.8 Å². The van der Waals surface area contributed by atoms with Crippen molar-refractivity contribution in [3.8, 4) is 0 Å². The highest BCUT2D eigenvalue weighted by atomic mass is 32.2. The van der Waals surface area contributed by atoms with Crippen molar-refractivity contribution in [1.29, 1.82) is 0 Å². The zero-order valence-corrected chi connectivity index (χ0v) is 15.6. The van der Waals surface area contributed by atoms with Crippen LogP contribution >= 0.6 is 0 Å². The molecule has 12 nitrogen and oxygen atoms in total. The summed E-state index contributed by atoms with van der Waals surface area (Å²) in [5.74, 6) is -3.50. The molecule has 1 atom stereocenters. The van der Waals surface area contributed by atoms with Gasteiger partial charge in [0.2, 0.25) is 6.04 Å². The van der Waals surface area contributed by atoms with E-state index in [0.29, 0.717) is 0 Å². The fourth-order valence-electron chi connectivity index (χ4n) is 2.45. The molecule has 13 heteroatoms. The number of benzene rings is 2. The summed E-state index contributed by atoms with van der Waals surface area (Å²) in [6.45, 7) is 0. The minimum Gasteiger partial charge on any atom is -0.478 e. The average Bonchev–Trinajstić information content (AvgIpc) is 3.02. The summed E-state index contributed by atoms with van der Waals surface area (Å²) in [4.78, 5) is 34.6. The van der Waals surface area contributed by atoms with E-state index in [4.69, 9.17) is 9.66 Å². The van der Waals surface area contributed by atoms with Crippen molar-refractivity contribution in [2.75, 3.05) is 5.01 Å². The molecule has 1 aliphatic heterocycles. The monoisotopic (exact) mass is 432 g/mol. The van der Waals surface area contributed by atoms with Gasteiger partial charge in [-0.1, -0.05) is 0 Å². The van der Waals surface area contributed by atoms with Gasteiger partial charge in [-0.05, 0) is 48.5 Å². The maximum absolute atomic E-state index is 12.6. The molecule has 0 saturated heterocycles. The van der Waals surface area contributed by atoms with Crippen LogP contribution < -0.4 is 5.01 Å². The molecule has 0 spiro atoms. The van der Waals surface area contributed by atoms with Crippen molar-refractivity contribution in [3.63, 3.8) is 0 Å². The van der Waals surface area contributed by atoms with Crippen molar-refractivity contribution >= 4 is 45.1 Å². The second-order valence-electron chi connectivity index (χ2n) is 5.88. The number of azo groups is 1. The van der Waals surface area contributed by atoms with Crippen LogP contribution in [-0.4, -0.2) is 52.8 Å². The Kier molecular flexibility index (Phi) is 5.40. The molecule has 1 aliphatic rings. The Morgan fingerprint density at radius 3 is 2.07 bits per heavy atom. The Labute approximate surface area is 168 Å². The van der Waals surface area contributed by atoms with E-state index in [9.17, 15) is 27.9 Å². The predicted octanol–water partition coefficient (Wildman–Crippen LogP) is 1.57. The SMILES string of the molecule is O=C(O)C1=NN(c2ccc(C(=O)O)cc2)C(=O)[C@@H]1N=Nc1ccc(S(=O)(=O)O)cc1. The van der Waals surface area contributed by atoms with Crippen LogP contribution in [0.25, 0.3) is 0 Å². The average molecular weight is 432 g/mol. The first-order valence-electron chi connectivity index (χ1n) is 8.05. The van der Waals surface area contributed by atoms with Crippen LogP contribution in [0.5, 0.6) is 0 Å². The number of hydrazone groups is 1. The van der Waals surface area contributed by atoms with Gasteiger partial charge in [0, 0.05) is 0 Å². The zero-order valence-electron chi connectivity index (χ0n) is 14.8. The van der Waals surface area contributed by atoms with Gasteiger partial charge in [-0.15, -0.1) is 0 Å². The lowest BCUT2D eigenvalue weighted by molar-refractivity contribution is -0.130. The number of anilines is 1. The first-order valence-corrected chi connectivity index (χ1v) is 9.49. The Morgan fingerprint density at radius 1 is 0.967 bits per heavy atom. The molecule has 0 aromatic heterocycles. The normalized spacial score (nSPS) is 16.7. The van der Waals surface area contributed by atoms with Crippen LogP contribution in [0.2, 0.25) is 0 Å². The van der Waals surface area contributed by atoms with Gasteiger partial charge in [0.05, 0.1) is 21.8 Å². The van der Waals surface area contributed by atoms with E-state index < -0.39 is 39.7 Å². The molecule has 30 heavy (non-hydrogen) atoms. The fraction of sp³-hybridized carbons (Fsp3) is 0.0588. The molecule has 3 rings (SSSR count). The highest BCUT2D eigenvalue weighted by Gasteiger charge is 2.41. The first-order chi connectivity index (χ1) is 14.1. The molecular formula is C17H12N4O8S. The van der Waals surface area contributed by atoms with Crippen molar-refractivity contribution in [3.05, 3.63) is 54.1 Å². The van der Waals surface area contributed by atoms with Crippen LogP contribution in [-0.2, 0) is 19.7 Å². The smallest absolute Gasteiger partial charge is 0.355 e. The molecule has 2 aromatic rings. The van der Waals surface area contributed by atoms with E-state index in [1.807, 2.05) is 0 Å². The van der Waals surface area contributed by atoms with Crippen LogP contribution in [0.15, 0.2) is 68.8 Å². The molecule has 0 aliphatic carbocycles. The number of amides is 1. The third-order valence-corrected chi connectivity index (χ3v) is 4.78. The first kappa shape index (κ1) is 20.8.